The van der Waals surface area contributed by atoms with Crippen molar-refractivity contribution in [1.29, 1.82) is 0 Å². The minimum Gasteiger partial charge on any atom is -0.494 e. The van der Waals surface area contributed by atoms with E-state index in [1.807, 2.05) is 38.1 Å². The summed E-state index contributed by atoms with van der Waals surface area (Å²) in [6, 6.07) is 12.8. The van der Waals surface area contributed by atoms with Crippen molar-refractivity contribution in [2.45, 2.75) is 44.7 Å². The summed E-state index contributed by atoms with van der Waals surface area (Å²) in [7, 11) is 0. The number of anilines is 1. The van der Waals surface area contributed by atoms with Crippen LogP contribution in [-0.4, -0.2) is 27.8 Å². The second-order valence-electron chi connectivity index (χ2n) is 8.60. The fraction of sp³-hybridized carbons (Fsp3) is 0.296. The number of aryl methyl sites for hydroxylation is 2. The van der Waals surface area contributed by atoms with Crippen molar-refractivity contribution in [2.24, 2.45) is 0 Å². The molecule has 6 nitrogen and oxygen atoms in total. The number of fused-ring (bicyclic) bond motifs is 3. The Hall–Kier alpha value is -2.81. The topological polar surface area (TPSA) is 73.2 Å². The van der Waals surface area contributed by atoms with Gasteiger partial charge in [-0.3, -0.25) is 14.2 Å². The Kier molecular flexibility index (Phi) is 7.37. The van der Waals surface area contributed by atoms with Gasteiger partial charge in [-0.1, -0.05) is 29.4 Å². The van der Waals surface area contributed by atoms with Crippen LogP contribution < -0.4 is 15.6 Å². The molecule has 9 heteroatoms. The van der Waals surface area contributed by atoms with Crippen molar-refractivity contribution < 1.29 is 9.53 Å². The molecule has 5 rings (SSSR count). The maximum Gasteiger partial charge on any atom is 0.267 e. The number of carbonyl (C=O) groups is 1. The first kappa shape index (κ1) is 24.9. The van der Waals surface area contributed by atoms with E-state index in [2.05, 4.69) is 5.32 Å². The second kappa shape index (κ2) is 10.7. The zero-order chi connectivity index (χ0) is 25.2. The van der Waals surface area contributed by atoms with E-state index in [9.17, 15) is 9.59 Å². The van der Waals surface area contributed by atoms with Gasteiger partial charge in [-0.15, -0.1) is 11.3 Å². The lowest BCUT2D eigenvalue weighted by Gasteiger charge is -2.16. The predicted octanol–water partition coefficient (Wildman–Crippen LogP) is 6.42. The SMILES string of the molecule is CCOc1ccc(NC(=O)CSc2nc3sc4c(c3c(=O)n2-c2cccc(Cl)c2C)CCCC4)cc1. The molecule has 2 aromatic carbocycles. The smallest absolute Gasteiger partial charge is 0.267 e. The monoisotopic (exact) mass is 539 g/mol. The summed E-state index contributed by atoms with van der Waals surface area (Å²) >= 11 is 9.27. The second-order valence-corrected chi connectivity index (χ2v) is 11.0. The number of amides is 1. The number of thiophene rings is 1. The van der Waals surface area contributed by atoms with Gasteiger partial charge in [0.2, 0.25) is 5.91 Å². The van der Waals surface area contributed by atoms with Crippen LogP contribution in [-0.2, 0) is 17.6 Å². The number of ether oxygens (including phenoxy) is 1. The van der Waals surface area contributed by atoms with Gasteiger partial charge in [-0.2, -0.15) is 0 Å². The van der Waals surface area contributed by atoms with Gasteiger partial charge in [0.1, 0.15) is 10.6 Å². The number of hydrogen-bond donors (Lipinski definition) is 1. The number of thioether (sulfide) groups is 1. The van der Waals surface area contributed by atoms with Crippen LogP contribution in [0.15, 0.2) is 52.4 Å². The van der Waals surface area contributed by atoms with Crippen LogP contribution in [0.4, 0.5) is 5.69 Å². The third-order valence-electron chi connectivity index (χ3n) is 6.22. The van der Waals surface area contributed by atoms with E-state index in [-0.39, 0.29) is 17.2 Å². The van der Waals surface area contributed by atoms with Gasteiger partial charge in [0.15, 0.2) is 5.16 Å². The molecule has 2 heterocycles. The Morgan fingerprint density at radius 1 is 1.19 bits per heavy atom. The number of nitrogens with one attached hydrogen (secondary N) is 1. The molecule has 1 N–H and O–H groups in total. The maximum absolute atomic E-state index is 13.9. The Morgan fingerprint density at radius 3 is 2.75 bits per heavy atom. The normalized spacial score (nSPS) is 13.0. The fourth-order valence-corrected chi connectivity index (χ4v) is 6.74. The van der Waals surface area contributed by atoms with Gasteiger partial charge < -0.3 is 10.1 Å². The Bertz CT molecular complexity index is 1500. The molecule has 0 aliphatic heterocycles. The number of hydrogen-bond acceptors (Lipinski definition) is 6. The van der Waals surface area contributed by atoms with Gasteiger partial charge in [0.05, 0.1) is 23.4 Å². The van der Waals surface area contributed by atoms with E-state index in [0.29, 0.717) is 33.5 Å². The van der Waals surface area contributed by atoms with E-state index in [4.69, 9.17) is 21.3 Å². The fourth-order valence-electron chi connectivity index (χ4n) is 4.46. The number of halogens is 1. The highest BCUT2D eigenvalue weighted by atomic mass is 35.5. The lowest BCUT2D eigenvalue weighted by molar-refractivity contribution is -0.113. The summed E-state index contributed by atoms with van der Waals surface area (Å²) in [4.78, 5) is 33.6. The van der Waals surface area contributed by atoms with E-state index in [0.717, 1.165) is 47.4 Å². The average molecular weight is 540 g/mol. The third-order valence-corrected chi connectivity index (χ3v) is 8.75. The molecule has 1 aliphatic carbocycles. The van der Waals surface area contributed by atoms with Crippen LogP contribution in [0.2, 0.25) is 5.02 Å². The highest BCUT2D eigenvalue weighted by Gasteiger charge is 2.24. The number of rotatable bonds is 7. The molecule has 4 aromatic rings. The molecular weight excluding hydrogens is 514 g/mol. The van der Waals surface area contributed by atoms with Crippen molar-refractivity contribution in [1.82, 2.24) is 9.55 Å². The maximum atomic E-state index is 13.9. The van der Waals surface area contributed by atoms with Crippen LogP contribution in [0.5, 0.6) is 5.75 Å². The lowest BCUT2D eigenvalue weighted by atomic mass is 9.97. The summed E-state index contributed by atoms with van der Waals surface area (Å²) < 4.78 is 7.08. The molecule has 0 saturated carbocycles. The van der Waals surface area contributed by atoms with E-state index in [1.165, 1.54) is 16.6 Å². The van der Waals surface area contributed by atoms with Crippen molar-refractivity contribution in [3.8, 4) is 11.4 Å². The van der Waals surface area contributed by atoms with E-state index in [1.54, 1.807) is 34.1 Å². The van der Waals surface area contributed by atoms with E-state index < -0.39 is 0 Å². The van der Waals surface area contributed by atoms with Crippen LogP contribution in [0.1, 0.15) is 35.8 Å². The van der Waals surface area contributed by atoms with Crippen molar-refractivity contribution in [3.05, 3.63) is 73.8 Å². The van der Waals surface area contributed by atoms with Crippen LogP contribution in [0.3, 0.4) is 0 Å². The Balaban J connectivity index is 1.49. The van der Waals surface area contributed by atoms with Gasteiger partial charge in [0.25, 0.3) is 5.56 Å². The highest BCUT2D eigenvalue weighted by molar-refractivity contribution is 7.99. The lowest BCUT2D eigenvalue weighted by Crippen LogP contribution is -2.24. The van der Waals surface area contributed by atoms with E-state index >= 15 is 0 Å². The molecule has 0 fully saturated rings. The first-order valence-corrected chi connectivity index (χ1v) is 14.1. The van der Waals surface area contributed by atoms with Gasteiger partial charge >= 0.3 is 0 Å². The molecule has 1 amide bonds. The number of benzene rings is 2. The summed E-state index contributed by atoms with van der Waals surface area (Å²) in [5, 5.41) is 4.67. The standard InChI is InChI=1S/C27H26ClN3O3S2/c1-3-34-18-13-11-17(12-14-18)29-23(32)15-35-27-30-25-24(19-7-4-5-10-22(19)36-25)26(33)31(27)21-9-6-8-20(28)16(21)2/h6,8-9,11-14H,3-5,7,10,15H2,1-2H3,(H,29,32). The van der Waals surface area contributed by atoms with Crippen molar-refractivity contribution in [3.63, 3.8) is 0 Å². The van der Waals surface area contributed by atoms with Crippen molar-refractivity contribution >= 4 is 56.5 Å². The molecule has 36 heavy (non-hydrogen) atoms. The van der Waals surface area contributed by atoms with Gasteiger partial charge in [-0.25, -0.2) is 4.98 Å². The average Bonchev–Trinajstić information content (AvgIpc) is 3.25. The number of carbonyl (C=O) groups excluding carboxylic acids is 1. The first-order chi connectivity index (χ1) is 17.5. The molecule has 186 valence electrons. The quantitative estimate of drug-likeness (QED) is 0.217. The van der Waals surface area contributed by atoms with Crippen LogP contribution in [0, 0.1) is 6.92 Å². The summed E-state index contributed by atoms with van der Waals surface area (Å²) in [5.41, 5.74) is 3.21. The molecule has 0 saturated heterocycles. The molecule has 2 aromatic heterocycles. The third kappa shape index (κ3) is 4.90. The first-order valence-electron chi connectivity index (χ1n) is 11.9. The molecular formula is C27H26ClN3O3S2. The molecule has 0 bridgehead atoms. The van der Waals surface area contributed by atoms with Crippen molar-refractivity contribution in [2.75, 3.05) is 17.7 Å². The molecule has 0 atom stereocenters. The zero-order valence-corrected chi connectivity index (χ0v) is 22.5. The molecule has 0 spiro atoms. The Labute approximate surface area is 222 Å². The van der Waals surface area contributed by atoms with Crippen LogP contribution in [0.25, 0.3) is 15.9 Å². The number of nitrogens with zero attached hydrogens (tertiary/aromatic N) is 2. The van der Waals surface area contributed by atoms with Crippen LogP contribution >= 0.6 is 34.7 Å². The molecule has 0 unspecified atom stereocenters. The number of aromatic nitrogens is 2. The summed E-state index contributed by atoms with van der Waals surface area (Å²) in [5.74, 6) is 0.677. The predicted molar refractivity (Wildman–Crippen MR) is 149 cm³/mol. The Morgan fingerprint density at radius 2 is 1.97 bits per heavy atom. The largest absolute Gasteiger partial charge is 0.494 e. The minimum atomic E-state index is -0.182. The van der Waals surface area contributed by atoms with Gasteiger partial charge in [0, 0.05) is 15.6 Å². The molecule has 1 aliphatic rings. The van der Waals surface area contributed by atoms with Gasteiger partial charge in [-0.05, 0) is 87.1 Å². The minimum absolute atomic E-state index is 0.0980. The highest BCUT2D eigenvalue weighted by Crippen LogP contribution is 2.36. The zero-order valence-electron chi connectivity index (χ0n) is 20.1. The molecule has 0 radical (unpaired) electrons. The summed E-state index contributed by atoms with van der Waals surface area (Å²) in [6.45, 7) is 4.40. The summed E-state index contributed by atoms with van der Waals surface area (Å²) in [6.07, 6.45) is 4.10.